The second-order valence-electron chi connectivity index (χ2n) is 4.29. The molecule has 2 rings (SSSR count). The smallest absolute Gasteiger partial charge is 0.271 e. The Morgan fingerprint density at radius 1 is 1.45 bits per heavy atom. The normalized spacial score (nSPS) is 12.2. The predicted molar refractivity (Wildman–Crippen MR) is 72.2 cm³/mol. The molecule has 0 bridgehead atoms. The minimum absolute atomic E-state index is 0.0983. The summed E-state index contributed by atoms with van der Waals surface area (Å²) in [7, 11) is 0. The third-order valence-corrected chi connectivity index (χ3v) is 3.63. The van der Waals surface area contributed by atoms with E-state index in [2.05, 4.69) is 10.3 Å². The zero-order valence-electron chi connectivity index (χ0n) is 10.7. The van der Waals surface area contributed by atoms with Crippen LogP contribution in [0.3, 0.4) is 0 Å². The summed E-state index contributed by atoms with van der Waals surface area (Å²) < 4.78 is 25.8. The lowest BCUT2D eigenvalue weighted by Gasteiger charge is -2.04. The molecule has 0 saturated heterocycles. The number of rotatable bonds is 4. The van der Waals surface area contributed by atoms with E-state index in [1.54, 1.807) is 12.3 Å². The van der Waals surface area contributed by atoms with Crippen molar-refractivity contribution in [2.45, 2.75) is 19.5 Å². The van der Waals surface area contributed by atoms with Crippen molar-refractivity contribution in [3.63, 3.8) is 0 Å². The van der Waals surface area contributed by atoms with Gasteiger partial charge in [0.1, 0.15) is 10.7 Å². The monoisotopic (exact) mass is 297 g/mol. The molecule has 7 heteroatoms. The number of aromatic nitrogens is 1. The molecule has 0 aliphatic heterocycles. The lowest BCUT2D eigenvalue weighted by atomic mass is 10.2. The lowest BCUT2D eigenvalue weighted by molar-refractivity contribution is 0.0946. The van der Waals surface area contributed by atoms with Crippen LogP contribution >= 0.6 is 11.3 Å². The van der Waals surface area contributed by atoms with Gasteiger partial charge in [-0.2, -0.15) is 0 Å². The van der Waals surface area contributed by atoms with Crippen LogP contribution in [-0.2, 0) is 6.54 Å². The molecule has 1 aromatic heterocycles. The van der Waals surface area contributed by atoms with Crippen molar-refractivity contribution in [1.29, 1.82) is 0 Å². The van der Waals surface area contributed by atoms with E-state index in [0.29, 0.717) is 10.6 Å². The number of carbonyl (C=O) groups is 1. The van der Waals surface area contributed by atoms with Gasteiger partial charge in [0.2, 0.25) is 0 Å². The maximum atomic E-state index is 13.0. The molecule has 2 aromatic rings. The van der Waals surface area contributed by atoms with Gasteiger partial charge in [0.25, 0.3) is 5.91 Å². The highest BCUT2D eigenvalue weighted by molar-refractivity contribution is 7.09. The summed E-state index contributed by atoms with van der Waals surface area (Å²) in [6, 6.07) is 3.25. The maximum absolute atomic E-state index is 13.0. The summed E-state index contributed by atoms with van der Waals surface area (Å²) in [6.45, 7) is 1.88. The van der Waals surface area contributed by atoms with E-state index >= 15 is 0 Å². The Hall–Kier alpha value is -1.86. The SMILES string of the molecule is CC(N)c1nc(C(=O)NCc2ccc(F)c(F)c2)cs1. The third kappa shape index (κ3) is 3.37. The van der Waals surface area contributed by atoms with Crippen LogP contribution in [0.5, 0.6) is 0 Å². The van der Waals surface area contributed by atoms with Crippen LogP contribution in [0.2, 0.25) is 0 Å². The van der Waals surface area contributed by atoms with Gasteiger partial charge in [-0.1, -0.05) is 6.07 Å². The molecule has 20 heavy (non-hydrogen) atoms. The summed E-state index contributed by atoms with van der Waals surface area (Å²) >= 11 is 1.31. The topological polar surface area (TPSA) is 68.0 Å². The molecule has 0 aliphatic rings. The van der Waals surface area contributed by atoms with E-state index in [0.717, 1.165) is 12.1 Å². The first-order valence-corrected chi connectivity index (χ1v) is 6.78. The third-order valence-electron chi connectivity index (χ3n) is 2.58. The summed E-state index contributed by atoms with van der Waals surface area (Å²) in [5, 5.41) is 4.87. The minimum Gasteiger partial charge on any atom is -0.347 e. The van der Waals surface area contributed by atoms with Gasteiger partial charge in [-0.15, -0.1) is 11.3 Å². The Labute approximate surface area is 118 Å². The zero-order valence-corrected chi connectivity index (χ0v) is 11.5. The molecule has 1 atom stereocenters. The predicted octanol–water partition coefficient (Wildman–Crippen LogP) is 2.37. The molecule has 1 unspecified atom stereocenters. The number of halogens is 2. The molecular formula is C13H13F2N3OS. The fourth-order valence-electron chi connectivity index (χ4n) is 1.52. The molecule has 0 radical (unpaired) electrons. The molecule has 0 fully saturated rings. The van der Waals surface area contributed by atoms with Crippen LogP contribution in [0.4, 0.5) is 8.78 Å². The first-order chi connectivity index (χ1) is 9.47. The average molecular weight is 297 g/mol. The van der Waals surface area contributed by atoms with E-state index in [1.165, 1.54) is 17.4 Å². The number of nitrogens with two attached hydrogens (primary N) is 1. The fourth-order valence-corrected chi connectivity index (χ4v) is 2.28. The highest BCUT2D eigenvalue weighted by atomic mass is 32.1. The average Bonchev–Trinajstić information content (AvgIpc) is 2.89. The number of nitrogens with zero attached hydrogens (tertiary/aromatic N) is 1. The number of nitrogens with one attached hydrogen (secondary N) is 1. The van der Waals surface area contributed by atoms with E-state index in [1.807, 2.05) is 0 Å². The van der Waals surface area contributed by atoms with Gasteiger partial charge in [-0.3, -0.25) is 4.79 Å². The highest BCUT2D eigenvalue weighted by Crippen LogP contribution is 2.16. The van der Waals surface area contributed by atoms with Gasteiger partial charge in [-0.25, -0.2) is 13.8 Å². The summed E-state index contributed by atoms with van der Waals surface area (Å²) in [6.07, 6.45) is 0. The Bertz CT molecular complexity index is 628. The van der Waals surface area contributed by atoms with Crippen LogP contribution in [-0.4, -0.2) is 10.9 Å². The Balaban J connectivity index is 1.99. The zero-order chi connectivity index (χ0) is 14.7. The van der Waals surface area contributed by atoms with Crippen LogP contribution in [0.1, 0.15) is 34.0 Å². The van der Waals surface area contributed by atoms with Gasteiger partial charge < -0.3 is 11.1 Å². The van der Waals surface area contributed by atoms with Crippen molar-refractivity contribution in [3.8, 4) is 0 Å². The second-order valence-corrected chi connectivity index (χ2v) is 5.18. The van der Waals surface area contributed by atoms with Crippen LogP contribution in [0, 0.1) is 11.6 Å². The molecule has 0 aliphatic carbocycles. The standard InChI is InChI=1S/C13H13F2N3OS/c1-7(16)13-18-11(6-20-13)12(19)17-5-8-2-3-9(14)10(15)4-8/h2-4,6-7H,5,16H2,1H3,(H,17,19). The summed E-state index contributed by atoms with van der Waals surface area (Å²) in [5.41, 5.74) is 6.40. The van der Waals surface area contributed by atoms with E-state index in [4.69, 9.17) is 5.73 Å². The first kappa shape index (κ1) is 14.5. The molecule has 1 amide bonds. The number of hydrogen-bond acceptors (Lipinski definition) is 4. The van der Waals surface area contributed by atoms with Gasteiger partial charge in [0, 0.05) is 11.9 Å². The lowest BCUT2D eigenvalue weighted by Crippen LogP contribution is -2.23. The minimum atomic E-state index is -0.940. The second kappa shape index (κ2) is 6.06. The number of benzene rings is 1. The number of thiazole rings is 1. The van der Waals surface area contributed by atoms with Gasteiger partial charge in [-0.05, 0) is 24.6 Å². The fraction of sp³-hybridized carbons (Fsp3) is 0.231. The molecule has 0 spiro atoms. The quantitative estimate of drug-likeness (QED) is 0.910. The van der Waals surface area contributed by atoms with Crippen molar-refractivity contribution in [1.82, 2.24) is 10.3 Å². The van der Waals surface area contributed by atoms with E-state index < -0.39 is 11.6 Å². The Morgan fingerprint density at radius 3 is 2.80 bits per heavy atom. The molecule has 1 heterocycles. The van der Waals surface area contributed by atoms with Crippen molar-refractivity contribution < 1.29 is 13.6 Å². The number of hydrogen-bond donors (Lipinski definition) is 2. The van der Waals surface area contributed by atoms with Gasteiger partial charge >= 0.3 is 0 Å². The van der Waals surface area contributed by atoms with Crippen molar-refractivity contribution in [2.75, 3.05) is 0 Å². The van der Waals surface area contributed by atoms with E-state index in [-0.39, 0.29) is 24.2 Å². The maximum Gasteiger partial charge on any atom is 0.271 e. The van der Waals surface area contributed by atoms with Gasteiger partial charge in [0.05, 0.1) is 6.04 Å². The van der Waals surface area contributed by atoms with Crippen LogP contribution in [0.15, 0.2) is 23.6 Å². The van der Waals surface area contributed by atoms with Gasteiger partial charge in [0.15, 0.2) is 11.6 Å². The highest BCUT2D eigenvalue weighted by Gasteiger charge is 2.12. The molecule has 3 N–H and O–H groups in total. The molecular weight excluding hydrogens is 284 g/mol. The van der Waals surface area contributed by atoms with Crippen molar-refractivity contribution in [3.05, 3.63) is 51.5 Å². The number of amides is 1. The Morgan fingerprint density at radius 2 is 2.20 bits per heavy atom. The molecule has 0 saturated carbocycles. The molecule has 106 valence electrons. The molecule has 1 aromatic carbocycles. The van der Waals surface area contributed by atoms with Crippen molar-refractivity contribution >= 4 is 17.2 Å². The van der Waals surface area contributed by atoms with Crippen molar-refractivity contribution in [2.24, 2.45) is 5.73 Å². The number of carbonyl (C=O) groups excluding carboxylic acids is 1. The summed E-state index contributed by atoms with van der Waals surface area (Å²) in [4.78, 5) is 15.9. The summed E-state index contributed by atoms with van der Waals surface area (Å²) in [5.74, 6) is -2.23. The Kier molecular flexibility index (Phi) is 4.41. The van der Waals surface area contributed by atoms with E-state index in [9.17, 15) is 13.6 Å². The first-order valence-electron chi connectivity index (χ1n) is 5.90. The largest absolute Gasteiger partial charge is 0.347 e. The van der Waals surface area contributed by atoms with Crippen LogP contribution in [0.25, 0.3) is 0 Å². The van der Waals surface area contributed by atoms with Crippen LogP contribution < -0.4 is 11.1 Å². The molecule has 4 nitrogen and oxygen atoms in total.